The summed E-state index contributed by atoms with van der Waals surface area (Å²) in [5.41, 5.74) is 0.939. The third-order valence-electron chi connectivity index (χ3n) is 4.33. The zero-order valence-corrected chi connectivity index (χ0v) is 12.3. The Hall–Kier alpha value is -1.87. The highest BCUT2D eigenvalue weighted by Gasteiger charge is 2.62. The molecule has 4 atom stereocenters. The number of benzene rings is 1. The first-order chi connectivity index (χ1) is 10.7. The Morgan fingerprint density at radius 2 is 2.23 bits per heavy atom. The zero-order chi connectivity index (χ0) is 15.2. The Balaban J connectivity index is 1.37. The van der Waals surface area contributed by atoms with Crippen molar-refractivity contribution in [3.8, 4) is 11.8 Å². The number of amides is 1. The molecule has 5 heteroatoms. The zero-order valence-electron chi connectivity index (χ0n) is 12.3. The molecule has 0 unspecified atom stereocenters. The van der Waals surface area contributed by atoms with Gasteiger partial charge in [-0.15, -0.1) is 0 Å². The van der Waals surface area contributed by atoms with E-state index in [0.717, 1.165) is 5.56 Å². The maximum Gasteiger partial charge on any atom is 0.254 e. The van der Waals surface area contributed by atoms with Crippen LogP contribution in [0.25, 0.3) is 0 Å². The van der Waals surface area contributed by atoms with Crippen LogP contribution in [0.4, 0.5) is 0 Å². The topological polar surface area (TPSA) is 48.0 Å². The quantitative estimate of drug-likeness (QED) is 0.598. The first-order valence-corrected chi connectivity index (χ1v) is 7.44. The van der Waals surface area contributed by atoms with Gasteiger partial charge < -0.3 is 19.1 Å². The summed E-state index contributed by atoms with van der Waals surface area (Å²) in [7, 11) is 0. The van der Waals surface area contributed by atoms with E-state index < -0.39 is 11.9 Å². The lowest BCUT2D eigenvalue weighted by molar-refractivity contribution is -0.245. The van der Waals surface area contributed by atoms with Crippen molar-refractivity contribution in [1.29, 1.82) is 0 Å². The molecule has 0 spiro atoms. The van der Waals surface area contributed by atoms with Crippen molar-refractivity contribution in [2.75, 3.05) is 19.8 Å². The molecule has 3 saturated heterocycles. The average molecular weight is 299 g/mol. The van der Waals surface area contributed by atoms with Gasteiger partial charge >= 0.3 is 0 Å². The highest BCUT2D eigenvalue weighted by Crippen LogP contribution is 2.40. The van der Waals surface area contributed by atoms with E-state index in [-0.39, 0.29) is 24.7 Å². The van der Waals surface area contributed by atoms with Crippen LogP contribution in [0.5, 0.6) is 0 Å². The number of fused-ring (bicyclic) bond motifs is 4. The van der Waals surface area contributed by atoms with E-state index >= 15 is 0 Å². The molecule has 0 saturated carbocycles. The fourth-order valence-corrected chi connectivity index (χ4v) is 3.28. The van der Waals surface area contributed by atoms with Crippen LogP contribution in [-0.2, 0) is 19.0 Å². The smallest absolute Gasteiger partial charge is 0.254 e. The number of hydrogen-bond acceptors (Lipinski definition) is 4. The number of β-lactam (4-membered cyclic amide) rings is 1. The van der Waals surface area contributed by atoms with Gasteiger partial charge in [-0.3, -0.25) is 4.79 Å². The largest absolute Gasteiger partial charge is 0.353 e. The Morgan fingerprint density at radius 1 is 1.41 bits per heavy atom. The van der Waals surface area contributed by atoms with Crippen molar-refractivity contribution in [3.63, 3.8) is 0 Å². The molecule has 2 bridgehead atoms. The van der Waals surface area contributed by atoms with Crippen LogP contribution in [0.2, 0.25) is 0 Å². The number of nitrogens with zero attached hydrogens (tertiary/aromatic N) is 1. The van der Waals surface area contributed by atoms with E-state index in [1.165, 1.54) is 0 Å². The Bertz CT molecular complexity index is 650. The van der Waals surface area contributed by atoms with Gasteiger partial charge in [-0.1, -0.05) is 30.0 Å². The van der Waals surface area contributed by atoms with Crippen LogP contribution >= 0.6 is 0 Å². The van der Waals surface area contributed by atoms with Gasteiger partial charge in [0.15, 0.2) is 11.9 Å². The number of hydrogen-bond donors (Lipinski definition) is 0. The van der Waals surface area contributed by atoms with Gasteiger partial charge in [-0.2, -0.15) is 0 Å². The molecule has 3 fully saturated rings. The normalized spacial score (nSPS) is 35.4. The SMILES string of the molecule is C[C@@]12CN3C(=O)[C@H](OCC#Cc4ccccc4)[C@@H]3[C@@H](CO1)O2. The summed E-state index contributed by atoms with van der Waals surface area (Å²) < 4.78 is 17.1. The van der Waals surface area contributed by atoms with Crippen molar-refractivity contribution < 1.29 is 19.0 Å². The molecule has 3 heterocycles. The first kappa shape index (κ1) is 13.8. The van der Waals surface area contributed by atoms with Gasteiger partial charge in [0.05, 0.1) is 19.2 Å². The Kier molecular flexibility index (Phi) is 3.19. The van der Waals surface area contributed by atoms with Crippen LogP contribution in [0.1, 0.15) is 12.5 Å². The highest BCUT2D eigenvalue weighted by molar-refractivity contribution is 5.89. The van der Waals surface area contributed by atoms with Gasteiger partial charge in [0.2, 0.25) is 0 Å². The predicted molar refractivity (Wildman–Crippen MR) is 77.8 cm³/mol. The molecule has 1 amide bonds. The molecule has 0 N–H and O–H groups in total. The fourth-order valence-electron chi connectivity index (χ4n) is 3.28. The molecule has 22 heavy (non-hydrogen) atoms. The van der Waals surface area contributed by atoms with Crippen LogP contribution in [0.15, 0.2) is 30.3 Å². The van der Waals surface area contributed by atoms with Crippen LogP contribution < -0.4 is 0 Å². The Morgan fingerprint density at radius 3 is 3.05 bits per heavy atom. The van der Waals surface area contributed by atoms with Crippen molar-refractivity contribution in [2.24, 2.45) is 0 Å². The van der Waals surface area contributed by atoms with E-state index in [4.69, 9.17) is 14.2 Å². The first-order valence-electron chi connectivity index (χ1n) is 7.44. The minimum atomic E-state index is -0.644. The average Bonchev–Trinajstić information content (AvgIpc) is 2.86. The van der Waals surface area contributed by atoms with E-state index in [2.05, 4.69) is 11.8 Å². The van der Waals surface area contributed by atoms with Crippen LogP contribution in [0, 0.1) is 11.8 Å². The molecule has 3 aliphatic heterocycles. The summed E-state index contributed by atoms with van der Waals surface area (Å²) in [6.45, 7) is 3.10. The van der Waals surface area contributed by atoms with Gasteiger partial charge in [0.1, 0.15) is 12.7 Å². The highest BCUT2D eigenvalue weighted by atomic mass is 16.7. The minimum absolute atomic E-state index is 0.0107. The maximum absolute atomic E-state index is 12.2. The molecular formula is C17H17NO4. The molecule has 4 rings (SSSR count). The van der Waals surface area contributed by atoms with Crippen molar-refractivity contribution in [3.05, 3.63) is 35.9 Å². The molecular weight excluding hydrogens is 282 g/mol. The molecule has 5 nitrogen and oxygen atoms in total. The summed E-state index contributed by atoms with van der Waals surface area (Å²) in [5, 5.41) is 0. The number of carbonyl (C=O) groups is 1. The predicted octanol–water partition coefficient (Wildman–Crippen LogP) is 0.779. The van der Waals surface area contributed by atoms with E-state index in [1.807, 2.05) is 37.3 Å². The summed E-state index contributed by atoms with van der Waals surface area (Å²) in [6, 6.07) is 9.67. The number of ether oxygens (including phenoxy) is 3. The van der Waals surface area contributed by atoms with Gasteiger partial charge in [0, 0.05) is 5.56 Å². The van der Waals surface area contributed by atoms with Crippen molar-refractivity contribution >= 4 is 5.91 Å². The monoisotopic (exact) mass is 299 g/mol. The lowest BCUT2D eigenvalue weighted by Crippen LogP contribution is -2.74. The van der Waals surface area contributed by atoms with Gasteiger partial charge in [0.25, 0.3) is 5.91 Å². The van der Waals surface area contributed by atoms with Crippen LogP contribution in [-0.4, -0.2) is 54.6 Å². The maximum atomic E-state index is 12.2. The van der Waals surface area contributed by atoms with Gasteiger partial charge in [-0.05, 0) is 19.1 Å². The van der Waals surface area contributed by atoms with Crippen LogP contribution in [0.3, 0.4) is 0 Å². The van der Waals surface area contributed by atoms with E-state index in [1.54, 1.807) is 4.90 Å². The molecule has 3 aliphatic rings. The second-order valence-corrected chi connectivity index (χ2v) is 5.96. The molecule has 1 aromatic rings. The second-order valence-electron chi connectivity index (χ2n) is 5.96. The standard InChI is InChI=1S/C17H17NO4/c1-17-11-18-14(13(22-17)10-21-17)15(16(18)19)20-9-5-8-12-6-3-2-4-7-12/h2-4,6-7,13-15H,9-11H2,1H3/t13-,14+,15-,17-/m1/s1. The number of carbonyl (C=O) groups excluding carboxylic acids is 1. The lowest BCUT2D eigenvalue weighted by Gasteiger charge is -2.52. The lowest BCUT2D eigenvalue weighted by atomic mass is 9.90. The second kappa shape index (κ2) is 5.10. The van der Waals surface area contributed by atoms with E-state index in [0.29, 0.717) is 13.2 Å². The summed E-state index contributed by atoms with van der Waals surface area (Å²) in [4.78, 5) is 14.0. The molecule has 0 radical (unpaired) electrons. The summed E-state index contributed by atoms with van der Waals surface area (Å²) in [6.07, 6.45) is -0.551. The number of rotatable bonds is 2. The van der Waals surface area contributed by atoms with E-state index in [9.17, 15) is 4.79 Å². The molecule has 0 aliphatic carbocycles. The Labute approximate surface area is 129 Å². The minimum Gasteiger partial charge on any atom is -0.353 e. The van der Waals surface area contributed by atoms with Crippen molar-refractivity contribution in [1.82, 2.24) is 4.90 Å². The third kappa shape index (κ3) is 2.20. The number of morpholine rings is 1. The summed E-state index contributed by atoms with van der Waals surface area (Å²) in [5.74, 6) is 5.34. The molecule has 1 aromatic carbocycles. The van der Waals surface area contributed by atoms with Crippen molar-refractivity contribution in [2.45, 2.75) is 31.0 Å². The molecule has 0 aromatic heterocycles. The van der Waals surface area contributed by atoms with Gasteiger partial charge in [-0.25, -0.2) is 0 Å². The fraction of sp³-hybridized carbons (Fsp3) is 0.471. The summed E-state index contributed by atoms with van der Waals surface area (Å²) >= 11 is 0. The molecule has 114 valence electrons. The third-order valence-corrected chi connectivity index (χ3v) is 4.33.